The number of ether oxygens (including phenoxy) is 1. The Kier molecular flexibility index (Phi) is 13.6. The summed E-state index contributed by atoms with van der Waals surface area (Å²) < 4.78 is 5.18. The van der Waals surface area contributed by atoms with Crippen LogP contribution in [0.4, 0.5) is 11.8 Å². The number of rotatable bonds is 16. The van der Waals surface area contributed by atoms with Gasteiger partial charge in [-0.15, -0.1) is 0 Å². The minimum absolute atomic E-state index is 0.0196. The van der Waals surface area contributed by atoms with E-state index in [1.807, 2.05) is 0 Å². The summed E-state index contributed by atoms with van der Waals surface area (Å²) in [6.07, 6.45) is 11.1. The average molecular weight is 447 g/mol. The van der Waals surface area contributed by atoms with E-state index in [1.165, 1.54) is 13.0 Å². The van der Waals surface area contributed by atoms with Crippen molar-refractivity contribution in [1.29, 1.82) is 0 Å². The van der Waals surface area contributed by atoms with E-state index < -0.39 is 5.97 Å². The Morgan fingerprint density at radius 2 is 1.38 bits per heavy atom. The van der Waals surface area contributed by atoms with Gasteiger partial charge in [-0.25, -0.2) is 4.79 Å². The molecule has 1 aromatic rings. The lowest BCUT2D eigenvalue weighted by Gasteiger charge is -2.10. The molecule has 2 N–H and O–H groups in total. The molecule has 0 atom stereocenters. The first kappa shape index (κ1) is 27.3. The highest BCUT2D eigenvalue weighted by molar-refractivity contribution is 5.92. The van der Waals surface area contributed by atoms with Crippen LogP contribution in [0.3, 0.4) is 0 Å². The maximum atomic E-state index is 12.3. The van der Waals surface area contributed by atoms with Crippen molar-refractivity contribution >= 4 is 29.5 Å². The van der Waals surface area contributed by atoms with Crippen molar-refractivity contribution in [2.24, 2.45) is 0 Å². The zero-order valence-corrected chi connectivity index (χ0v) is 19.8. The lowest BCUT2D eigenvalue weighted by Crippen LogP contribution is -2.18. The van der Waals surface area contributed by atoms with Crippen LogP contribution >= 0.6 is 0 Å². The van der Waals surface area contributed by atoms with Gasteiger partial charge in [0, 0.05) is 24.5 Å². The van der Waals surface area contributed by atoms with Crippen molar-refractivity contribution in [3.05, 3.63) is 18.2 Å². The van der Waals surface area contributed by atoms with E-state index in [0.717, 1.165) is 64.2 Å². The molecule has 1 heterocycles. The molecule has 0 spiro atoms. The molecular formula is C24H38N4O4. The van der Waals surface area contributed by atoms with Crippen LogP contribution in [0.15, 0.2) is 18.2 Å². The Morgan fingerprint density at radius 3 is 1.91 bits per heavy atom. The number of anilines is 2. The number of unbranched alkanes of at least 4 members (excludes halogenated alkanes) is 8. The van der Waals surface area contributed by atoms with Crippen molar-refractivity contribution in [2.75, 3.05) is 10.6 Å². The zero-order valence-electron chi connectivity index (χ0n) is 19.8. The second kappa shape index (κ2) is 15.9. The minimum atomic E-state index is -0.648. The number of carbonyl (C=O) groups excluding carboxylic acids is 3. The van der Waals surface area contributed by atoms with Crippen molar-refractivity contribution in [3.8, 4) is 5.88 Å². The Hall–Kier alpha value is -2.77. The molecule has 0 fully saturated rings. The van der Waals surface area contributed by atoms with E-state index in [9.17, 15) is 14.4 Å². The molecule has 1 aromatic heterocycles. The van der Waals surface area contributed by atoms with Crippen LogP contribution in [0.1, 0.15) is 97.8 Å². The van der Waals surface area contributed by atoms with E-state index in [-0.39, 0.29) is 35.0 Å². The third kappa shape index (κ3) is 12.2. The van der Waals surface area contributed by atoms with Gasteiger partial charge in [0.1, 0.15) is 5.82 Å². The number of hydrogen-bond acceptors (Lipinski definition) is 6. The maximum Gasteiger partial charge on any atom is 0.339 e. The molecular weight excluding hydrogens is 408 g/mol. The van der Waals surface area contributed by atoms with Crippen LogP contribution in [0.2, 0.25) is 0 Å². The van der Waals surface area contributed by atoms with Crippen LogP contribution in [-0.2, 0) is 14.4 Å². The summed E-state index contributed by atoms with van der Waals surface area (Å²) in [5.74, 6) is -0.978. The molecule has 0 unspecified atom stereocenters. The summed E-state index contributed by atoms with van der Waals surface area (Å²) in [5.41, 5.74) is 0.207. The lowest BCUT2D eigenvalue weighted by molar-refractivity contribution is -0.130. The SMILES string of the molecule is C=C(C)C(=O)Oc1cc(NC(=O)CCCCCCC)nc(NC(=O)CCCCCCC)n1. The molecule has 2 amide bonds. The number of nitrogens with one attached hydrogen (secondary N) is 2. The maximum absolute atomic E-state index is 12.3. The quantitative estimate of drug-likeness (QED) is 0.195. The normalized spacial score (nSPS) is 10.5. The van der Waals surface area contributed by atoms with Gasteiger partial charge in [0.15, 0.2) is 0 Å². The molecule has 0 saturated carbocycles. The van der Waals surface area contributed by atoms with Gasteiger partial charge in [-0.2, -0.15) is 9.97 Å². The Labute approximate surface area is 191 Å². The van der Waals surface area contributed by atoms with Gasteiger partial charge in [-0.3, -0.25) is 14.9 Å². The number of hydrogen-bond donors (Lipinski definition) is 2. The summed E-state index contributed by atoms with van der Waals surface area (Å²) in [7, 11) is 0. The largest absolute Gasteiger partial charge is 0.404 e. The van der Waals surface area contributed by atoms with Crippen molar-refractivity contribution in [1.82, 2.24) is 9.97 Å². The summed E-state index contributed by atoms with van der Waals surface area (Å²) in [6, 6.07) is 1.36. The van der Waals surface area contributed by atoms with E-state index in [0.29, 0.717) is 12.8 Å². The van der Waals surface area contributed by atoms with Gasteiger partial charge in [0.25, 0.3) is 0 Å². The van der Waals surface area contributed by atoms with E-state index in [2.05, 4.69) is 41.0 Å². The van der Waals surface area contributed by atoms with Gasteiger partial charge < -0.3 is 10.1 Å². The molecule has 0 bridgehead atoms. The monoisotopic (exact) mass is 446 g/mol. The van der Waals surface area contributed by atoms with E-state index in [4.69, 9.17) is 4.74 Å². The minimum Gasteiger partial charge on any atom is -0.404 e. The number of amides is 2. The third-order valence-electron chi connectivity index (χ3n) is 4.78. The van der Waals surface area contributed by atoms with Crippen LogP contribution in [0.25, 0.3) is 0 Å². The van der Waals surface area contributed by atoms with Crippen molar-refractivity contribution in [2.45, 2.75) is 97.8 Å². The number of aromatic nitrogens is 2. The first-order chi connectivity index (χ1) is 15.3. The molecule has 0 saturated heterocycles. The second-order valence-electron chi connectivity index (χ2n) is 8.01. The summed E-state index contributed by atoms with van der Waals surface area (Å²) in [6.45, 7) is 9.35. The fourth-order valence-electron chi connectivity index (χ4n) is 2.95. The predicted octanol–water partition coefficient (Wildman–Crippen LogP) is 5.56. The Balaban J connectivity index is 2.76. The molecule has 0 aliphatic carbocycles. The fraction of sp³-hybridized carbons (Fsp3) is 0.625. The topological polar surface area (TPSA) is 110 Å². The number of nitrogens with zero attached hydrogens (tertiary/aromatic N) is 2. The van der Waals surface area contributed by atoms with Crippen molar-refractivity contribution < 1.29 is 19.1 Å². The average Bonchev–Trinajstić information content (AvgIpc) is 2.73. The van der Waals surface area contributed by atoms with Crippen LogP contribution < -0.4 is 15.4 Å². The predicted molar refractivity (Wildman–Crippen MR) is 126 cm³/mol. The molecule has 1 rings (SSSR count). The van der Waals surface area contributed by atoms with Gasteiger partial charge in [0.05, 0.1) is 0 Å². The van der Waals surface area contributed by atoms with E-state index in [1.54, 1.807) is 0 Å². The molecule has 8 heteroatoms. The first-order valence-corrected chi connectivity index (χ1v) is 11.7. The van der Waals surface area contributed by atoms with Crippen LogP contribution in [-0.4, -0.2) is 27.8 Å². The third-order valence-corrected chi connectivity index (χ3v) is 4.78. The first-order valence-electron chi connectivity index (χ1n) is 11.7. The molecule has 0 aliphatic rings. The molecule has 0 aliphatic heterocycles. The highest BCUT2D eigenvalue weighted by atomic mass is 16.5. The second-order valence-corrected chi connectivity index (χ2v) is 8.01. The lowest BCUT2D eigenvalue weighted by atomic mass is 10.1. The molecule has 0 aromatic carbocycles. The van der Waals surface area contributed by atoms with Gasteiger partial charge in [-0.05, 0) is 19.8 Å². The molecule has 0 radical (unpaired) electrons. The van der Waals surface area contributed by atoms with Gasteiger partial charge in [-0.1, -0.05) is 71.8 Å². The smallest absolute Gasteiger partial charge is 0.339 e. The molecule has 32 heavy (non-hydrogen) atoms. The van der Waals surface area contributed by atoms with Crippen molar-refractivity contribution in [3.63, 3.8) is 0 Å². The van der Waals surface area contributed by atoms with Gasteiger partial charge in [0.2, 0.25) is 23.6 Å². The van der Waals surface area contributed by atoms with Crippen LogP contribution in [0.5, 0.6) is 5.88 Å². The Bertz CT molecular complexity index is 718. The summed E-state index contributed by atoms with van der Waals surface area (Å²) in [4.78, 5) is 44.7. The number of esters is 1. The van der Waals surface area contributed by atoms with Crippen LogP contribution in [0, 0.1) is 0 Å². The molecule has 178 valence electrons. The standard InChI is InChI=1S/C24H38N4O4/c1-5-7-9-11-13-15-20(29)25-19-17-22(32-23(31)18(3)4)28-24(26-19)27-21(30)16-14-12-10-8-6-2/h17H,3,5-16H2,1-2,4H3,(H2,25,26,27,28,29,30). The summed E-state index contributed by atoms with van der Waals surface area (Å²) in [5, 5.41) is 5.33. The Morgan fingerprint density at radius 1 is 0.844 bits per heavy atom. The fourth-order valence-corrected chi connectivity index (χ4v) is 2.95. The highest BCUT2D eigenvalue weighted by Crippen LogP contribution is 2.18. The molecule has 8 nitrogen and oxygen atoms in total. The van der Waals surface area contributed by atoms with E-state index >= 15 is 0 Å². The zero-order chi connectivity index (χ0) is 23.8. The highest BCUT2D eigenvalue weighted by Gasteiger charge is 2.14. The number of carbonyl (C=O) groups is 3. The summed E-state index contributed by atoms with van der Waals surface area (Å²) >= 11 is 0. The van der Waals surface area contributed by atoms with Gasteiger partial charge >= 0.3 is 5.97 Å².